The summed E-state index contributed by atoms with van der Waals surface area (Å²) >= 11 is 0. The first-order valence-corrected chi connectivity index (χ1v) is 5.86. The molecule has 86 valence electrons. The largest absolute Gasteiger partial charge is 0.310 e. The van der Waals surface area contributed by atoms with Crippen molar-refractivity contribution in [2.75, 3.05) is 6.54 Å². The van der Waals surface area contributed by atoms with E-state index in [4.69, 9.17) is 5.26 Å². The van der Waals surface area contributed by atoms with Crippen LogP contribution in [0, 0.1) is 18.3 Å². The molecule has 2 rings (SSSR count). The van der Waals surface area contributed by atoms with Crippen LogP contribution in [0.4, 0.5) is 0 Å². The molecule has 3 nitrogen and oxygen atoms in total. The zero-order valence-electron chi connectivity index (χ0n) is 10.5. The zero-order valence-corrected chi connectivity index (χ0v) is 10.5. The van der Waals surface area contributed by atoms with E-state index < -0.39 is 0 Å². The van der Waals surface area contributed by atoms with Gasteiger partial charge >= 0.3 is 0 Å². The van der Waals surface area contributed by atoms with Gasteiger partial charge in [0.2, 0.25) is 0 Å². The lowest BCUT2D eigenvalue weighted by molar-refractivity contribution is 0.531. The van der Waals surface area contributed by atoms with Crippen LogP contribution in [-0.2, 0) is 6.42 Å². The number of hydrogen-bond acceptors (Lipinski definition) is 3. The SMILES string of the molecule is CC.Cc1nc2c(cc1C#N)C(C)NCC2. The predicted octanol–water partition coefficient (Wildman–Crippen LogP) is 2.49. The first-order chi connectivity index (χ1) is 7.72. The monoisotopic (exact) mass is 217 g/mol. The molecule has 1 atom stereocenters. The van der Waals surface area contributed by atoms with E-state index in [-0.39, 0.29) is 0 Å². The molecule has 0 aliphatic carbocycles. The van der Waals surface area contributed by atoms with E-state index >= 15 is 0 Å². The second kappa shape index (κ2) is 5.62. The Bertz CT molecular complexity index is 404. The zero-order chi connectivity index (χ0) is 12.1. The predicted molar refractivity (Wildman–Crippen MR) is 65.2 cm³/mol. The number of rotatable bonds is 0. The molecule has 1 unspecified atom stereocenters. The number of fused-ring (bicyclic) bond motifs is 1. The average molecular weight is 217 g/mol. The van der Waals surface area contributed by atoms with Crippen molar-refractivity contribution >= 4 is 0 Å². The summed E-state index contributed by atoms with van der Waals surface area (Å²) in [5, 5.41) is 12.3. The highest BCUT2D eigenvalue weighted by Gasteiger charge is 2.18. The van der Waals surface area contributed by atoms with Crippen LogP contribution in [0.15, 0.2) is 6.07 Å². The molecule has 2 heterocycles. The minimum atomic E-state index is 0.318. The van der Waals surface area contributed by atoms with Gasteiger partial charge in [-0.2, -0.15) is 5.26 Å². The Balaban J connectivity index is 0.000000606. The molecule has 1 aliphatic heterocycles. The van der Waals surface area contributed by atoms with E-state index in [1.54, 1.807) is 0 Å². The second-order valence-corrected chi connectivity index (χ2v) is 3.69. The van der Waals surface area contributed by atoms with Crippen LogP contribution in [0.25, 0.3) is 0 Å². The van der Waals surface area contributed by atoms with Crippen LogP contribution in [0.2, 0.25) is 0 Å². The molecule has 1 aromatic heterocycles. The maximum Gasteiger partial charge on any atom is 0.101 e. The summed E-state index contributed by atoms with van der Waals surface area (Å²) in [5.74, 6) is 0. The summed E-state index contributed by atoms with van der Waals surface area (Å²) in [7, 11) is 0. The molecule has 0 bridgehead atoms. The Hall–Kier alpha value is -1.40. The molecule has 0 radical (unpaired) electrons. The topological polar surface area (TPSA) is 48.7 Å². The van der Waals surface area contributed by atoms with Gasteiger partial charge in [-0.3, -0.25) is 4.98 Å². The van der Waals surface area contributed by atoms with Crippen molar-refractivity contribution in [3.8, 4) is 6.07 Å². The Kier molecular flexibility index (Phi) is 4.45. The lowest BCUT2D eigenvalue weighted by Crippen LogP contribution is -2.28. The van der Waals surface area contributed by atoms with Crippen molar-refractivity contribution in [2.24, 2.45) is 0 Å². The summed E-state index contributed by atoms with van der Waals surface area (Å²) in [4.78, 5) is 4.47. The second-order valence-electron chi connectivity index (χ2n) is 3.69. The van der Waals surface area contributed by atoms with Crippen LogP contribution < -0.4 is 5.32 Å². The lowest BCUT2D eigenvalue weighted by atomic mass is 9.98. The van der Waals surface area contributed by atoms with Gasteiger partial charge in [0.05, 0.1) is 11.3 Å². The normalized spacial score (nSPS) is 17.8. The average Bonchev–Trinajstić information content (AvgIpc) is 2.31. The minimum Gasteiger partial charge on any atom is -0.310 e. The van der Waals surface area contributed by atoms with E-state index in [9.17, 15) is 0 Å². The summed E-state index contributed by atoms with van der Waals surface area (Å²) in [6, 6.07) is 4.46. The fourth-order valence-electron chi connectivity index (χ4n) is 1.88. The van der Waals surface area contributed by atoms with Gasteiger partial charge in [0.15, 0.2) is 0 Å². The van der Waals surface area contributed by atoms with Gasteiger partial charge in [-0.15, -0.1) is 0 Å². The molecule has 16 heavy (non-hydrogen) atoms. The third kappa shape index (κ3) is 2.40. The molecule has 0 saturated carbocycles. The molecule has 0 aromatic carbocycles. The fourth-order valence-corrected chi connectivity index (χ4v) is 1.88. The smallest absolute Gasteiger partial charge is 0.101 e. The molecule has 1 aromatic rings. The molecular weight excluding hydrogens is 198 g/mol. The Labute approximate surface area is 97.5 Å². The van der Waals surface area contributed by atoms with Gasteiger partial charge in [0, 0.05) is 24.7 Å². The third-order valence-electron chi connectivity index (χ3n) is 2.72. The number of hydrogen-bond donors (Lipinski definition) is 1. The van der Waals surface area contributed by atoms with Crippen molar-refractivity contribution < 1.29 is 0 Å². The highest BCUT2D eigenvalue weighted by Crippen LogP contribution is 2.22. The first kappa shape index (κ1) is 12.7. The molecule has 3 heteroatoms. The van der Waals surface area contributed by atoms with Gasteiger partial charge in [-0.1, -0.05) is 13.8 Å². The van der Waals surface area contributed by atoms with Crippen molar-refractivity contribution in [3.63, 3.8) is 0 Å². The van der Waals surface area contributed by atoms with Crippen molar-refractivity contribution in [1.29, 1.82) is 5.26 Å². The summed E-state index contributed by atoms with van der Waals surface area (Å²) < 4.78 is 0. The van der Waals surface area contributed by atoms with Crippen molar-refractivity contribution in [1.82, 2.24) is 10.3 Å². The third-order valence-corrected chi connectivity index (χ3v) is 2.72. The minimum absolute atomic E-state index is 0.318. The summed E-state index contributed by atoms with van der Waals surface area (Å²) in [6.45, 7) is 8.98. The van der Waals surface area contributed by atoms with E-state index in [0.717, 1.165) is 24.4 Å². The highest BCUT2D eigenvalue weighted by atomic mass is 14.9. The van der Waals surface area contributed by atoms with E-state index in [1.165, 1.54) is 5.56 Å². The van der Waals surface area contributed by atoms with Gasteiger partial charge in [0.25, 0.3) is 0 Å². The quantitative estimate of drug-likeness (QED) is 0.726. The molecule has 0 amide bonds. The van der Waals surface area contributed by atoms with Crippen molar-refractivity contribution in [2.45, 2.75) is 40.2 Å². The van der Waals surface area contributed by atoms with E-state index in [2.05, 4.69) is 23.3 Å². The number of nitriles is 1. The Morgan fingerprint density at radius 2 is 2.19 bits per heavy atom. The Morgan fingerprint density at radius 3 is 2.81 bits per heavy atom. The number of aromatic nitrogens is 1. The van der Waals surface area contributed by atoms with Crippen LogP contribution in [0.1, 0.15) is 49.3 Å². The van der Waals surface area contributed by atoms with Crippen LogP contribution >= 0.6 is 0 Å². The molecule has 0 fully saturated rings. The highest BCUT2D eigenvalue weighted by molar-refractivity contribution is 5.40. The van der Waals surface area contributed by atoms with Crippen LogP contribution in [0.5, 0.6) is 0 Å². The van der Waals surface area contributed by atoms with Gasteiger partial charge < -0.3 is 5.32 Å². The first-order valence-electron chi connectivity index (χ1n) is 5.86. The van der Waals surface area contributed by atoms with E-state index in [1.807, 2.05) is 26.8 Å². The van der Waals surface area contributed by atoms with Gasteiger partial charge in [0.1, 0.15) is 6.07 Å². The van der Waals surface area contributed by atoms with Crippen molar-refractivity contribution in [3.05, 3.63) is 28.6 Å². The fraction of sp³-hybridized carbons (Fsp3) is 0.538. The van der Waals surface area contributed by atoms with Crippen LogP contribution in [-0.4, -0.2) is 11.5 Å². The number of nitrogens with zero attached hydrogens (tertiary/aromatic N) is 2. The summed E-state index contributed by atoms with van der Waals surface area (Å²) in [5.41, 5.74) is 3.87. The molecule has 1 N–H and O–H groups in total. The number of nitrogens with one attached hydrogen (secondary N) is 1. The lowest BCUT2D eigenvalue weighted by Gasteiger charge is -2.23. The molecular formula is C13H19N3. The van der Waals surface area contributed by atoms with Gasteiger partial charge in [-0.25, -0.2) is 0 Å². The van der Waals surface area contributed by atoms with E-state index in [0.29, 0.717) is 11.6 Å². The Morgan fingerprint density at radius 1 is 1.50 bits per heavy atom. The maximum absolute atomic E-state index is 8.90. The number of pyridine rings is 1. The molecule has 0 spiro atoms. The summed E-state index contributed by atoms with van der Waals surface area (Å²) in [6.07, 6.45) is 0.965. The maximum atomic E-state index is 8.90. The van der Waals surface area contributed by atoms with Gasteiger partial charge in [-0.05, 0) is 25.5 Å². The number of aryl methyl sites for hydroxylation is 1. The molecule has 1 aliphatic rings. The molecule has 0 saturated heterocycles. The van der Waals surface area contributed by atoms with Crippen LogP contribution in [0.3, 0.4) is 0 Å². The standard InChI is InChI=1S/C11H13N3.C2H6/c1-7-9(6-12)5-10-8(2)13-4-3-11(10)14-7;1-2/h5,8,13H,3-4H2,1-2H3;1-2H3.